The van der Waals surface area contributed by atoms with Crippen molar-refractivity contribution in [2.24, 2.45) is 13.0 Å². The predicted molar refractivity (Wildman–Crippen MR) is 64.7 cm³/mol. The number of nitrogens with one attached hydrogen (secondary N) is 1. The lowest BCUT2D eigenvalue weighted by Gasteiger charge is -2.23. The van der Waals surface area contributed by atoms with Gasteiger partial charge >= 0.3 is 6.03 Å². The first-order valence-corrected chi connectivity index (χ1v) is 6.30. The van der Waals surface area contributed by atoms with E-state index in [1.54, 1.807) is 10.9 Å². The van der Waals surface area contributed by atoms with Gasteiger partial charge in [-0.15, -0.1) is 0 Å². The fourth-order valence-electron chi connectivity index (χ4n) is 3.17. The van der Waals surface area contributed by atoms with E-state index < -0.39 is 0 Å². The molecule has 0 aromatic carbocycles. The van der Waals surface area contributed by atoms with Crippen LogP contribution in [0.5, 0.6) is 0 Å². The standard InChI is InChI=1S/C12H18N4O/c1-15-8-10(7-13-15)14-12(17)16-6-5-9-3-2-4-11(9)16/h7-9,11H,2-6H2,1H3,(H,14,17). The Labute approximate surface area is 101 Å². The number of anilines is 1. The molecule has 92 valence electrons. The minimum absolute atomic E-state index is 0.0346. The minimum atomic E-state index is 0.0346. The zero-order valence-electron chi connectivity index (χ0n) is 10.1. The topological polar surface area (TPSA) is 50.2 Å². The molecule has 3 rings (SSSR count). The molecule has 5 heteroatoms. The van der Waals surface area contributed by atoms with E-state index in [9.17, 15) is 4.79 Å². The molecule has 1 aliphatic carbocycles. The van der Waals surface area contributed by atoms with Gasteiger partial charge < -0.3 is 10.2 Å². The third-order valence-corrected chi connectivity index (χ3v) is 3.98. The second-order valence-electron chi connectivity index (χ2n) is 5.07. The summed E-state index contributed by atoms with van der Waals surface area (Å²) in [5.41, 5.74) is 0.777. The van der Waals surface area contributed by atoms with Gasteiger partial charge in [0.25, 0.3) is 0 Å². The lowest BCUT2D eigenvalue weighted by Crippen LogP contribution is -2.39. The quantitative estimate of drug-likeness (QED) is 0.806. The normalized spacial score (nSPS) is 27.2. The van der Waals surface area contributed by atoms with Gasteiger partial charge in [-0.05, 0) is 25.2 Å². The number of urea groups is 1. The summed E-state index contributed by atoms with van der Waals surface area (Å²) in [5.74, 6) is 0.745. The lowest BCUT2D eigenvalue weighted by atomic mass is 10.1. The molecule has 1 aromatic rings. The highest BCUT2D eigenvalue weighted by Crippen LogP contribution is 2.37. The second kappa shape index (κ2) is 4.05. The highest BCUT2D eigenvalue weighted by Gasteiger charge is 2.39. The molecule has 2 atom stereocenters. The molecule has 1 aromatic heterocycles. The molecular formula is C12H18N4O. The number of aryl methyl sites for hydroxylation is 1. The number of carbonyl (C=O) groups excluding carboxylic acids is 1. The van der Waals surface area contributed by atoms with Crippen molar-refractivity contribution in [2.75, 3.05) is 11.9 Å². The van der Waals surface area contributed by atoms with Crippen LogP contribution in [0.25, 0.3) is 0 Å². The SMILES string of the molecule is Cn1cc(NC(=O)N2CCC3CCCC32)cn1. The molecule has 2 aliphatic rings. The Morgan fingerprint density at radius 1 is 1.47 bits per heavy atom. The first kappa shape index (κ1) is 10.6. The van der Waals surface area contributed by atoms with E-state index in [-0.39, 0.29) is 6.03 Å². The van der Waals surface area contributed by atoms with Gasteiger partial charge in [-0.25, -0.2) is 4.79 Å². The fourth-order valence-corrected chi connectivity index (χ4v) is 3.17. The molecule has 0 radical (unpaired) electrons. The minimum Gasteiger partial charge on any atom is -0.321 e. The highest BCUT2D eigenvalue weighted by molar-refractivity contribution is 5.89. The van der Waals surface area contributed by atoms with Crippen LogP contribution in [0.3, 0.4) is 0 Å². The Kier molecular flexibility index (Phi) is 2.53. The smallest absolute Gasteiger partial charge is 0.321 e. The van der Waals surface area contributed by atoms with Crippen molar-refractivity contribution < 1.29 is 4.79 Å². The third-order valence-electron chi connectivity index (χ3n) is 3.98. The van der Waals surface area contributed by atoms with Crippen LogP contribution in [-0.4, -0.2) is 33.3 Å². The van der Waals surface area contributed by atoms with E-state index in [1.807, 2.05) is 18.1 Å². The fraction of sp³-hybridized carbons (Fsp3) is 0.667. The van der Waals surface area contributed by atoms with E-state index in [2.05, 4.69) is 10.4 Å². The van der Waals surface area contributed by atoms with E-state index >= 15 is 0 Å². The molecule has 1 aliphatic heterocycles. The van der Waals surface area contributed by atoms with E-state index in [4.69, 9.17) is 0 Å². The van der Waals surface area contributed by atoms with Crippen LogP contribution in [0, 0.1) is 5.92 Å². The Bertz CT molecular complexity index is 428. The van der Waals surface area contributed by atoms with Crippen LogP contribution in [0.4, 0.5) is 10.5 Å². The van der Waals surface area contributed by atoms with Gasteiger partial charge in [0.2, 0.25) is 0 Å². The number of amides is 2. The molecule has 2 unspecified atom stereocenters. The molecule has 2 heterocycles. The van der Waals surface area contributed by atoms with Crippen molar-refractivity contribution in [1.82, 2.24) is 14.7 Å². The number of nitrogens with zero attached hydrogens (tertiary/aromatic N) is 3. The van der Waals surface area contributed by atoms with Crippen molar-refractivity contribution in [3.8, 4) is 0 Å². The van der Waals surface area contributed by atoms with Crippen molar-refractivity contribution in [3.63, 3.8) is 0 Å². The summed E-state index contributed by atoms with van der Waals surface area (Å²) in [6.07, 6.45) is 8.41. The molecule has 1 N–H and O–H groups in total. The molecule has 1 saturated carbocycles. The zero-order valence-corrected chi connectivity index (χ0v) is 10.1. The van der Waals surface area contributed by atoms with Crippen LogP contribution < -0.4 is 5.32 Å². The van der Waals surface area contributed by atoms with Gasteiger partial charge in [0.05, 0.1) is 11.9 Å². The molecule has 17 heavy (non-hydrogen) atoms. The van der Waals surface area contributed by atoms with Crippen LogP contribution >= 0.6 is 0 Å². The molecular weight excluding hydrogens is 216 g/mol. The van der Waals surface area contributed by atoms with Crippen molar-refractivity contribution >= 4 is 11.7 Å². The summed E-state index contributed by atoms with van der Waals surface area (Å²) in [5, 5.41) is 6.97. The molecule has 2 amide bonds. The van der Waals surface area contributed by atoms with Crippen LogP contribution in [0.2, 0.25) is 0 Å². The number of rotatable bonds is 1. The summed E-state index contributed by atoms with van der Waals surface area (Å²) >= 11 is 0. The first-order valence-electron chi connectivity index (χ1n) is 6.30. The van der Waals surface area contributed by atoms with E-state index in [0.29, 0.717) is 6.04 Å². The Hall–Kier alpha value is -1.52. The van der Waals surface area contributed by atoms with Gasteiger partial charge in [-0.2, -0.15) is 5.10 Å². The number of hydrogen-bond acceptors (Lipinski definition) is 2. The maximum atomic E-state index is 12.1. The van der Waals surface area contributed by atoms with Crippen LogP contribution in [0.15, 0.2) is 12.4 Å². The Morgan fingerprint density at radius 2 is 2.35 bits per heavy atom. The summed E-state index contributed by atoms with van der Waals surface area (Å²) in [6, 6.07) is 0.513. The second-order valence-corrected chi connectivity index (χ2v) is 5.07. The third kappa shape index (κ3) is 1.90. The monoisotopic (exact) mass is 234 g/mol. The maximum absolute atomic E-state index is 12.1. The summed E-state index contributed by atoms with van der Waals surface area (Å²) < 4.78 is 1.69. The first-order chi connectivity index (χ1) is 8.24. The predicted octanol–water partition coefficient (Wildman–Crippen LogP) is 1.83. The van der Waals surface area contributed by atoms with E-state index in [0.717, 1.165) is 18.2 Å². The Morgan fingerprint density at radius 3 is 3.12 bits per heavy atom. The molecule has 0 spiro atoms. The van der Waals surface area contributed by atoms with Gasteiger partial charge in [0.1, 0.15) is 0 Å². The summed E-state index contributed by atoms with van der Waals surface area (Å²) in [7, 11) is 1.85. The highest BCUT2D eigenvalue weighted by atomic mass is 16.2. The molecule has 1 saturated heterocycles. The average Bonchev–Trinajstić information content (AvgIpc) is 2.93. The molecule has 2 fully saturated rings. The zero-order chi connectivity index (χ0) is 11.8. The lowest BCUT2D eigenvalue weighted by molar-refractivity contribution is 0.203. The van der Waals surface area contributed by atoms with Gasteiger partial charge in [-0.1, -0.05) is 6.42 Å². The van der Waals surface area contributed by atoms with Gasteiger partial charge in [-0.3, -0.25) is 4.68 Å². The van der Waals surface area contributed by atoms with Crippen LogP contribution in [-0.2, 0) is 7.05 Å². The number of carbonyl (C=O) groups is 1. The maximum Gasteiger partial charge on any atom is 0.322 e. The molecule has 5 nitrogen and oxygen atoms in total. The number of fused-ring (bicyclic) bond motifs is 1. The number of aromatic nitrogens is 2. The average molecular weight is 234 g/mol. The largest absolute Gasteiger partial charge is 0.322 e. The summed E-state index contributed by atoms with van der Waals surface area (Å²) in [6.45, 7) is 0.904. The van der Waals surface area contributed by atoms with Crippen molar-refractivity contribution in [3.05, 3.63) is 12.4 Å². The van der Waals surface area contributed by atoms with Crippen LogP contribution in [0.1, 0.15) is 25.7 Å². The molecule has 0 bridgehead atoms. The van der Waals surface area contributed by atoms with Crippen molar-refractivity contribution in [2.45, 2.75) is 31.7 Å². The number of likely N-dealkylation sites (tertiary alicyclic amines) is 1. The van der Waals surface area contributed by atoms with Gasteiger partial charge in [0, 0.05) is 25.8 Å². The van der Waals surface area contributed by atoms with Gasteiger partial charge in [0.15, 0.2) is 0 Å². The Balaban J connectivity index is 1.66. The van der Waals surface area contributed by atoms with E-state index in [1.165, 1.54) is 25.7 Å². The number of hydrogen-bond donors (Lipinski definition) is 1. The van der Waals surface area contributed by atoms with Crippen molar-refractivity contribution in [1.29, 1.82) is 0 Å². The summed E-state index contributed by atoms with van der Waals surface area (Å²) in [4.78, 5) is 14.1.